The topological polar surface area (TPSA) is 84.9 Å². The summed E-state index contributed by atoms with van der Waals surface area (Å²) in [7, 11) is 2.71. The maximum atomic E-state index is 12.0. The van der Waals surface area contributed by atoms with E-state index in [0.717, 1.165) is 10.5 Å². The van der Waals surface area contributed by atoms with Gasteiger partial charge >= 0.3 is 12.1 Å². The van der Waals surface area contributed by atoms with Gasteiger partial charge in [0.15, 0.2) is 0 Å². The number of rotatable bonds is 7. The fourth-order valence-electron chi connectivity index (χ4n) is 1.95. The maximum absolute atomic E-state index is 12.0. The van der Waals surface area contributed by atoms with Gasteiger partial charge in [-0.3, -0.25) is 4.79 Å². The SMILES string of the molecule is COC(=O)C(NC(=O)CN(C)C(=O)OCc1ccccc1)C(C)C. The summed E-state index contributed by atoms with van der Waals surface area (Å²) in [5.41, 5.74) is 0.856. The summed E-state index contributed by atoms with van der Waals surface area (Å²) >= 11 is 0. The first-order valence-corrected chi connectivity index (χ1v) is 7.64. The second-order valence-corrected chi connectivity index (χ2v) is 5.71. The lowest BCUT2D eigenvalue weighted by Crippen LogP contribution is -2.48. The van der Waals surface area contributed by atoms with Gasteiger partial charge in [0.2, 0.25) is 5.91 Å². The third-order valence-corrected chi connectivity index (χ3v) is 3.34. The number of methoxy groups -OCH3 is 1. The predicted octanol–water partition coefficient (Wildman–Crippen LogP) is 1.57. The lowest BCUT2D eigenvalue weighted by Gasteiger charge is -2.22. The number of esters is 1. The summed E-state index contributed by atoms with van der Waals surface area (Å²) in [6.45, 7) is 3.50. The van der Waals surface area contributed by atoms with E-state index in [1.165, 1.54) is 14.2 Å². The summed E-state index contributed by atoms with van der Waals surface area (Å²) in [6.07, 6.45) is -0.617. The van der Waals surface area contributed by atoms with Gasteiger partial charge in [-0.25, -0.2) is 9.59 Å². The van der Waals surface area contributed by atoms with Gasteiger partial charge in [0.25, 0.3) is 0 Å². The Bertz CT molecular complexity index is 559. The van der Waals surface area contributed by atoms with Crippen LogP contribution in [0.4, 0.5) is 4.79 Å². The van der Waals surface area contributed by atoms with Crippen molar-refractivity contribution < 1.29 is 23.9 Å². The molecule has 0 saturated heterocycles. The molecular formula is C17H24N2O5. The number of benzene rings is 1. The van der Waals surface area contributed by atoms with Crippen LogP contribution in [0.25, 0.3) is 0 Å². The van der Waals surface area contributed by atoms with Gasteiger partial charge in [0, 0.05) is 7.05 Å². The Morgan fingerprint density at radius 2 is 1.79 bits per heavy atom. The Hall–Kier alpha value is -2.57. The standard InChI is InChI=1S/C17H24N2O5/c1-12(2)15(16(21)23-4)18-14(20)10-19(3)17(22)24-11-13-8-6-5-7-9-13/h5-9,12,15H,10-11H2,1-4H3,(H,18,20). The molecule has 2 amide bonds. The van der Waals surface area contributed by atoms with Crippen molar-refractivity contribution in [1.29, 1.82) is 0 Å². The fourth-order valence-corrected chi connectivity index (χ4v) is 1.95. The molecule has 7 heteroatoms. The smallest absolute Gasteiger partial charge is 0.410 e. The first-order chi connectivity index (χ1) is 11.3. The molecule has 0 aliphatic rings. The molecule has 1 aromatic carbocycles. The van der Waals surface area contributed by atoms with E-state index < -0.39 is 24.0 Å². The van der Waals surface area contributed by atoms with Crippen LogP contribution in [0.2, 0.25) is 0 Å². The van der Waals surface area contributed by atoms with Crippen LogP contribution in [-0.2, 0) is 25.7 Å². The number of likely N-dealkylation sites (N-methyl/N-ethyl adjacent to an activating group) is 1. The fraction of sp³-hybridized carbons (Fsp3) is 0.471. The summed E-state index contributed by atoms with van der Waals surface area (Å²) in [5, 5.41) is 2.56. The number of nitrogens with one attached hydrogen (secondary N) is 1. The number of carbonyl (C=O) groups excluding carboxylic acids is 3. The van der Waals surface area contributed by atoms with Gasteiger partial charge in [0.1, 0.15) is 19.2 Å². The molecule has 0 aliphatic heterocycles. The van der Waals surface area contributed by atoms with Crippen molar-refractivity contribution in [3.8, 4) is 0 Å². The number of hydrogen-bond donors (Lipinski definition) is 1. The Labute approximate surface area is 141 Å². The van der Waals surface area contributed by atoms with Crippen LogP contribution in [0.3, 0.4) is 0 Å². The summed E-state index contributed by atoms with van der Waals surface area (Å²) in [5.74, 6) is -1.11. The highest BCUT2D eigenvalue weighted by Crippen LogP contribution is 2.05. The molecule has 132 valence electrons. The number of nitrogens with zero attached hydrogens (tertiary/aromatic N) is 1. The predicted molar refractivity (Wildman–Crippen MR) is 88.0 cm³/mol. The largest absolute Gasteiger partial charge is 0.467 e. The van der Waals surface area contributed by atoms with Crippen LogP contribution < -0.4 is 5.32 Å². The van der Waals surface area contributed by atoms with Crippen LogP contribution in [0, 0.1) is 5.92 Å². The van der Waals surface area contributed by atoms with Crippen molar-refractivity contribution in [2.75, 3.05) is 20.7 Å². The molecule has 1 atom stereocenters. The van der Waals surface area contributed by atoms with E-state index >= 15 is 0 Å². The lowest BCUT2D eigenvalue weighted by atomic mass is 10.0. The molecule has 0 spiro atoms. The Morgan fingerprint density at radius 3 is 2.33 bits per heavy atom. The second-order valence-electron chi connectivity index (χ2n) is 5.71. The van der Waals surface area contributed by atoms with Crippen LogP contribution in [-0.4, -0.2) is 49.6 Å². The molecule has 1 aromatic rings. The summed E-state index contributed by atoms with van der Waals surface area (Å²) in [4.78, 5) is 36.7. The van der Waals surface area contributed by atoms with Gasteiger partial charge in [-0.15, -0.1) is 0 Å². The monoisotopic (exact) mass is 336 g/mol. The average Bonchev–Trinajstić information content (AvgIpc) is 2.57. The Morgan fingerprint density at radius 1 is 1.17 bits per heavy atom. The molecule has 0 saturated carbocycles. The molecule has 0 fully saturated rings. The molecule has 0 aliphatic carbocycles. The second kappa shape index (κ2) is 9.54. The van der Waals surface area contributed by atoms with Gasteiger partial charge in [-0.2, -0.15) is 0 Å². The average molecular weight is 336 g/mol. The number of ether oxygens (including phenoxy) is 2. The van der Waals surface area contributed by atoms with Crippen molar-refractivity contribution in [2.45, 2.75) is 26.5 Å². The zero-order chi connectivity index (χ0) is 18.1. The third kappa shape index (κ3) is 6.28. The van der Waals surface area contributed by atoms with E-state index in [1.807, 2.05) is 30.3 Å². The van der Waals surface area contributed by atoms with Gasteiger partial charge in [-0.1, -0.05) is 44.2 Å². The van der Waals surface area contributed by atoms with Crippen LogP contribution in [0.15, 0.2) is 30.3 Å². The van der Waals surface area contributed by atoms with Gasteiger partial charge in [-0.05, 0) is 11.5 Å². The molecule has 24 heavy (non-hydrogen) atoms. The number of carbonyl (C=O) groups is 3. The van der Waals surface area contributed by atoms with Crippen molar-refractivity contribution in [2.24, 2.45) is 5.92 Å². The molecule has 1 unspecified atom stereocenters. The zero-order valence-corrected chi connectivity index (χ0v) is 14.4. The van der Waals surface area contributed by atoms with Crippen LogP contribution in [0.1, 0.15) is 19.4 Å². The molecule has 1 N–H and O–H groups in total. The van der Waals surface area contributed by atoms with Gasteiger partial charge in [0.05, 0.1) is 7.11 Å². The molecular weight excluding hydrogens is 312 g/mol. The van der Waals surface area contributed by atoms with E-state index in [4.69, 9.17) is 4.74 Å². The lowest BCUT2D eigenvalue weighted by molar-refractivity contribution is -0.146. The highest BCUT2D eigenvalue weighted by Gasteiger charge is 2.26. The van der Waals surface area contributed by atoms with Crippen LogP contribution >= 0.6 is 0 Å². The first-order valence-electron chi connectivity index (χ1n) is 7.64. The van der Waals surface area contributed by atoms with Gasteiger partial charge < -0.3 is 19.7 Å². The quantitative estimate of drug-likeness (QED) is 0.764. The molecule has 1 rings (SSSR count). The Balaban J connectivity index is 2.47. The molecule has 0 bridgehead atoms. The van der Waals surface area contributed by atoms with E-state index in [1.54, 1.807) is 13.8 Å². The highest BCUT2D eigenvalue weighted by atomic mass is 16.6. The minimum Gasteiger partial charge on any atom is -0.467 e. The van der Waals surface area contributed by atoms with E-state index in [2.05, 4.69) is 10.1 Å². The van der Waals surface area contributed by atoms with Crippen LogP contribution in [0.5, 0.6) is 0 Å². The first kappa shape index (κ1) is 19.5. The van der Waals surface area contributed by atoms with Crippen molar-refractivity contribution in [3.05, 3.63) is 35.9 Å². The third-order valence-electron chi connectivity index (χ3n) is 3.34. The maximum Gasteiger partial charge on any atom is 0.410 e. The molecule has 7 nitrogen and oxygen atoms in total. The summed E-state index contributed by atoms with van der Waals surface area (Å²) in [6, 6.07) is 8.48. The molecule has 0 heterocycles. The molecule has 0 radical (unpaired) electrons. The molecule has 0 aromatic heterocycles. The van der Waals surface area contributed by atoms with Crippen molar-refractivity contribution >= 4 is 18.0 Å². The van der Waals surface area contributed by atoms with E-state index in [9.17, 15) is 14.4 Å². The normalized spacial score (nSPS) is 11.5. The minimum atomic E-state index is -0.753. The van der Waals surface area contributed by atoms with Crippen molar-refractivity contribution in [1.82, 2.24) is 10.2 Å². The van der Waals surface area contributed by atoms with E-state index in [0.29, 0.717) is 0 Å². The summed E-state index contributed by atoms with van der Waals surface area (Å²) < 4.78 is 9.78. The van der Waals surface area contributed by atoms with Crippen molar-refractivity contribution in [3.63, 3.8) is 0 Å². The Kier molecular flexibility index (Phi) is 7.74. The minimum absolute atomic E-state index is 0.127. The van der Waals surface area contributed by atoms with E-state index in [-0.39, 0.29) is 19.1 Å². The highest BCUT2D eigenvalue weighted by molar-refractivity contribution is 5.87. The number of amides is 2. The number of hydrogen-bond acceptors (Lipinski definition) is 5. The zero-order valence-electron chi connectivity index (χ0n) is 14.4.